The maximum absolute atomic E-state index is 12.5. The molecule has 0 spiro atoms. The molecule has 3 aromatic rings. The molecule has 0 bridgehead atoms. The minimum atomic E-state index is -0.0174. The van der Waals surface area contributed by atoms with Crippen molar-refractivity contribution in [1.29, 1.82) is 0 Å². The van der Waals surface area contributed by atoms with Crippen molar-refractivity contribution in [1.82, 2.24) is 15.1 Å². The lowest BCUT2D eigenvalue weighted by atomic mass is 9.97. The summed E-state index contributed by atoms with van der Waals surface area (Å²) in [7, 11) is 0. The summed E-state index contributed by atoms with van der Waals surface area (Å²) in [6, 6.07) is 11.4. The SMILES string of the molecule is O=C(c1ccoc1)N1CCCC(c2nnc(-c3ccccc3)o2)C1. The van der Waals surface area contributed by atoms with Crippen molar-refractivity contribution < 1.29 is 13.6 Å². The topological polar surface area (TPSA) is 72.4 Å². The van der Waals surface area contributed by atoms with E-state index in [2.05, 4.69) is 10.2 Å². The number of piperidine rings is 1. The summed E-state index contributed by atoms with van der Waals surface area (Å²) in [4.78, 5) is 14.3. The molecule has 0 aliphatic carbocycles. The summed E-state index contributed by atoms with van der Waals surface area (Å²) >= 11 is 0. The highest BCUT2D eigenvalue weighted by molar-refractivity contribution is 5.93. The molecule has 6 heteroatoms. The van der Waals surface area contributed by atoms with Crippen LogP contribution in [0.4, 0.5) is 0 Å². The van der Waals surface area contributed by atoms with Crippen molar-refractivity contribution in [2.75, 3.05) is 13.1 Å². The zero-order valence-corrected chi connectivity index (χ0v) is 13.1. The first kappa shape index (κ1) is 14.7. The third kappa shape index (κ3) is 2.82. The predicted octanol–water partition coefficient (Wildman–Crippen LogP) is 3.35. The van der Waals surface area contributed by atoms with Gasteiger partial charge >= 0.3 is 0 Å². The highest BCUT2D eigenvalue weighted by Gasteiger charge is 2.29. The Morgan fingerprint density at radius 2 is 2.04 bits per heavy atom. The lowest BCUT2D eigenvalue weighted by molar-refractivity contribution is 0.0697. The van der Waals surface area contributed by atoms with E-state index in [0.717, 1.165) is 24.9 Å². The van der Waals surface area contributed by atoms with E-state index in [1.54, 1.807) is 6.07 Å². The number of likely N-dealkylation sites (tertiary alicyclic amines) is 1. The minimum Gasteiger partial charge on any atom is -0.472 e. The fourth-order valence-corrected chi connectivity index (χ4v) is 3.03. The van der Waals surface area contributed by atoms with Gasteiger partial charge < -0.3 is 13.7 Å². The summed E-state index contributed by atoms with van der Waals surface area (Å²) in [5.41, 5.74) is 1.48. The molecule has 1 aromatic carbocycles. The van der Waals surface area contributed by atoms with Crippen LogP contribution < -0.4 is 0 Å². The van der Waals surface area contributed by atoms with Crippen LogP contribution in [0.25, 0.3) is 11.5 Å². The van der Waals surface area contributed by atoms with Gasteiger partial charge in [-0.2, -0.15) is 0 Å². The molecule has 6 nitrogen and oxygen atoms in total. The Bertz CT molecular complexity index is 811. The van der Waals surface area contributed by atoms with Crippen molar-refractivity contribution in [3.8, 4) is 11.5 Å². The van der Waals surface area contributed by atoms with Gasteiger partial charge in [-0.15, -0.1) is 10.2 Å². The van der Waals surface area contributed by atoms with E-state index in [-0.39, 0.29) is 11.8 Å². The fraction of sp³-hybridized carbons (Fsp3) is 0.278. The Morgan fingerprint density at radius 1 is 1.17 bits per heavy atom. The number of hydrogen-bond acceptors (Lipinski definition) is 5. The Labute approximate surface area is 139 Å². The van der Waals surface area contributed by atoms with Gasteiger partial charge in [0.25, 0.3) is 5.91 Å². The van der Waals surface area contributed by atoms with Gasteiger partial charge in [-0.3, -0.25) is 4.79 Å². The molecule has 4 rings (SSSR count). The molecule has 1 unspecified atom stereocenters. The Hall–Kier alpha value is -2.89. The standard InChI is InChI=1S/C18H17N3O3/c22-18(15-8-10-23-12-15)21-9-4-7-14(11-21)17-20-19-16(24-17)13-5-2-1-3-6-13/h1-3,5-6,8,10,12,14H,4,7,9,11H2. The van der Waals surface area contributed by atoms with E-state index in [1.807, 2.05) is 35.2 Å². The van der Waals surface area contributed by atoms with Crippen molar-refractivity contribution in [2.45, 2.75) is 18.8 Å². The lowest BCUT2D eigenvalue weighted by Crippen LogP contribution is -2.39. The number of hydrogen-bond donors (Lipinski definition) is 0. The van der Waals surface area contributed by atoms with E-state index >= 15 is 0 Å². The predicted molar refractivity (Wildman–Crippen MR) is 86.3 cm³/mol. The molecule has 1 aliphatic rings. The van der Waals surface area contributed by atoms with Crippen molar-refractivity contribution in [2.24, 2.45) is 0 Å². The third-order valence-electron chi connectivity index (χ3n) is 4.29. The van der Waals surface area contributed by atoms with Crippen LogP contribution in [0.2, 0.25) is 0 Å². The van der Waals surface area contributed by atoms with E-state index in [1.165, 1.54) is 12.5 Å². The molecule has 3 heterocycles. The number of carbonyl (C=O) groups is 1. The highest BCUT2D eigenvalue weighted by Crippen LogP contribution is 2.29. The molecule has 0 radical (unpaired) electrons. The molecule has 1 amide bonds. The van der Waals surface area contributed by atoms with Crippen LogP contribution in [-0.2, 0) is 0 Å². The Balaban J connectivity index is 1.50. The van der Waals surface area contributed by atoms with Crippen LogP contribution in [0.1, 0.15) is 35.0 Å². The molecule has 122 valence electrons. The van der Waals surface area contributed by atoms with Crippen LogP contribution in [0.3, 0.4) is 0 Å². The van der Waals surface area contributed by atoms with Gasteiger partial charge in [0, 0.05) is 18.7 Å². The molecule has 0 saturated carbocycles. The highest BCUT2D eigenvalue weighted by atomic mass is 16.4. The first-order chi connectivity index (χ1) is 11.8. The lowest BCUT2D eigenvalue weighted by Gasteiger charge is -2.30. The van der Waals surface area contributed by atoms with Crippen molar-refractivity contribution in [3.05, 3.63) is 60.4 Å². The molecular weight excluding hydrogens is 306 g/mol. The van der Waals surface area contributed by atoms with E-state index in [0.29, 0.717) is 23.9 Å². The Morgan fingerprint density at radius 3 is 2.83 bits per heavy atom. The molecule has 1 aliphatic heterocycles. The number of furan rings is 1. The summed E-state index contributed by atoms with van der Waals surface area (Å²) in [5.74, 6) is 1.17. The number of aromatic nitrogens is 2. The molecular formula is C18H17N3O3. The van der Waals surface area contributed by atoms with E-state index < -0.39 is 0 Å². The smallest absolute Gasteiger partial charge is 0.257 e. The summed E-state index contributed by atoms with van der Waals surface area (Å²) in [5, 5.41) is 8.35. The van der Waals surface area contributed by atoms with Gasteiger partial charge in [-0.05, 0) is 31.0 Å². The Kier molecular flexibility index (Phi) is 3.86. The molecule has 1 fully saturated rings. The third-order valence-corrected chi connectivity index (χ3v) is 4.29. The molecule has 2 aromatic heterocycles. The number of rotatable bonds is 3. The zero-order chi connectivity index (χ0) is 16.4. The maximum atomic E-state index is 12.5. The van der Waals surface area contributed by atoms with Crippen LogP contribution >= 0.6 is 0 Å². The molecule has 0 N–H and O–H groups in total. The number of benzene rings is 1. The second-order valence-electron chi connectivity index (χ2n) is 5.91. The van der Waals surface area contributed by atoms with Crippen molar-refractivity contribution in [3.63, 3.8) is 0 Å². The monoisotopic (exact) mass is 323 g/mol. The normalized spacial score (nSPS) is 17.8. The second kappa shape index (κ2) is 6.31. The van der Waals surface area contributed by atoms with Crippen LogP contribution in [-0.4, -0.2) is 34.1 Å². The van der Waals surface area contributed by atoms with Gasteiger partial charge in [0.05, 0.1) is 17.7 Å². The zero-order valence-electron chi connectivity index (χ0n) is 13.1. The first-order valence-corrected chi connectivity index (χ1v) is 8.01. The average molecular weight is 323 g/mol. The largest absolute Gasteiger partial charge is 0.472 e. The average Bonchev–Trinajstić information content (AvgIpc) is 3.34. The van der Waals surface area contributed by atoms with Gasteiger partial charge in [0.15, 0.2) is 0 Å². The molecule has 1 atom stereocenters. The second-order valence-corrected chi connectivity index (χ2v) is 5.91. The van der Waals surface area contributed by atoms with E-state index in [9.17, 15) is 4.79 Å². The van der Waals surface area contributed by atoms with Gasteiger partial charge in [0.2, 0.25) is 11.8 Å². The quantitative estimate of drug-likeness (QED) is 0.739. The van der Waals surface area contributed by atoms with Gasteiger partial charge in [-0.1, -0.05) is 18.2 Å². The molecule has 1 saturated heterocycles. The summed E-state index contributed by atoms with van der Waals surface area (Å²) in [6.07, 6.45) is 4.84. The number of amides is 1. The first-order valence-electron chi connectivity index (χ1n) is 8.01. The summed E-state index contributed by atoms with van der Waals surface area (Å²) in [6.45, 7) is 1.32. The molecule has 24 heavy (non-hydrogen) atoms. The number of nitrogens with zero attached hydrogens (tertiary/aromatic N) is 3. The van der Waals surface area contributed by atoms with Gasteiger partial charge in [0.1, 0.15) is 6.26 Å². The fourth-order valence-electron chi connectivity index (χ4n) is 3.03. The van der Waals surface area contributed by atoms with Gasteiger partial charge in [-0.25, -0.2) is 0 Å². The number of carbonyl (C=O) groups excluding carboxylic acids is 1. The van der Waals surface area contributed by atoms with Crippen LogP contribution in [0.5, 0.6) is 0 Å². The summed E-state index contributed by atoms with van der Waals surface area (Å²) < 4.78 is 10.9. The van der Waals surface area contributed by atoms with Crippen molar-refractivity contribution >= 4 is 5.91 Å². The van der Waals surface area contributed by atoms with Crippen LogP contribution in [0.15, 0.2) is 57.8 Å². The maximum Gasteiger partial charge on any atom is 0.257 e. The minimum absolute atomic E-state index is 0.0174. The van der Waals surface area contributed by atoms with Crippen LogP contribution in [0, 0.1) is 0 Å². The van der Waals surface area contributed by atoms with E-state index in [4.69, 9.17) is 8.83 Å².